The third-order valence-corrected chi connectivity index (χ3v) is 4.67. The number of ether oxygens (including phenoxy) is 1. The quantitative estimate of drug-likeness (QED) is 0.444. The lowest BCUT2D eigenvalue weighted by Gasteiger charge is -2.23. The van der Waals surface area contributed by atoms with Crippen LogP contribution in [0.4, 0.5) is 5.69 Å². The van der Waals surface area contributed by atoms with Crippen LogP contribution < -0.4 is 11.0 Å². The van der Waals surface area contributed by atoms with Crippen LogP contribution in [0.15, 0.2) is 53.3 Å². The maximum absolute atomic E-state index is 13.3. The summed E-state index contributed by atoms with van der Waals surface area (Å²) in [5.41, 5.74) is 3.28. The van der Waals surface area contributed by atoms with E-state index in [9.17, 15) is 9.59 Å². The Bertz CT molecular complexity index is 1190. The molecule has 1 atom stereocenters. The number of esters is 1. The highest BCUT2D eigenvalue weighted by molar-refractivity contribution is 6.31. The number of hydrogen-bond donors (Lipinski definition) is 1. The average Bonchev–Trinajstić information content (AvgIpc) is 2.69. The van der Waals surface area contributed by atoms with Crippen molar-refractivity contribution in [3.8, 4) is 12.3 Å². The third kappa shape index (κ3) is 5.65. The van der Waals surface area contributed by atoms with Gasteiger partial charge in [-0.05, 0) is 51.1 Å². The summed E-state index contributed by atoms with van der Waals surface area (Å²) >= 11 is 6.12. The SMILES string of the molecule is C#CC[C@@H](CC(=O)OC(C)(C)C)c1nc2cc(Cl)ccc2c(=O)n1Nc1ccccc1. The van der Waals surface area contributed by atoms with E-state index in [1.165, 1.54) is 4.68 Å². The molecule has 0 unspecified atom stereocenters. The van der Waals surface area contributed by atoms with Gasteiger partial charge in [0.1, 0.15) is 11.4 Å². The zero-order chi connectivity index (χ0) is 22.6. The van der Waals surface area contributed by atoms with Crippen LogP contribution in [0, 0.1) is 12.3 Å². The monoisotopic (exact) mass is 437 g/mol. The van der Waals surface area contributed by atoms with Gasteiger partial charge >= 0.3 is 5.97 Å². The van der Waals surface area contributed by atoms with Gasteiger partial charge in [0.25, 0.3) is 5.56 Å². The van der Waals surface area contributed by atoms with Crippen LogP contribution in [0.3, 0.4) is 0 Å². The van der Waals surface area contributed by atoms with Gasteiger partial charge in [0.05, 0.1) is 23.0 Å². The summed E-state index contributed by atoms with van der Waals surface area (Å²) in [5, 5.41) is 0.855. The molecule has 0 aliphatic rings. The maximum Gasteiger partial charge on any atom is 0.307 e. The summed E-state index contributed by atoms with van der Waals surface area (Å²) in [5.74, 6) is 1.98. The number of carbonyl (C=O) groups is 1. The van der Waals surface area contributed by atoms with E-state index < -0.39 is 17.5 Å². The first-order valence-electron chi connectivity index (χ1n) is 9.87. The zero-order valence-electron chi connectivity index (χ0n) is 17.7. The summed E-state index contributed by atoms with van der Waals surface area (Å²) < 4.78 is 6.81. The van der Waals surface area contributed by atoms with E-state index in [0.29, 0.717) is 27.4 Å². The molecule has 2 aromatic carbocycles. The van der Waals surface area contributed by atoms with Crippen LogP contribution in [0.2, 0.25) is 5.02 Å². The minimum Gasteiger partial charge on any atom is -0.460 e. The highest BCUT2D eigenvalue weighted by Crippen LogP contribution is 2.25. The second-order valence-corrected chi connectivity index (χ2v) is 8.58. The van der Waals surface area contributed by atoms with E-state index in [1.807, 2.05) is 30.3 Å². The summed E-state index contributed by atoms with van der Waals surface area (Å²) in [6, 6.07) is 14.1. The lowest BCUT2D eigenvalue weighted by atomic mass is 10.00. The topological polar surface area (TPSA) is 73.2 Å². The Labute approximate surface area is 186 Å². The molecule has 0 spiro atoms. The van der Waals surface area contributed by atoms with Crippen LogP contribution in [0.25, 0.3) is 10.9 Å². The number of anilines is 1. The van der Waals surface area contributed by atoms with E-state index in [1.54, 1.807) is 39.0 Å². The van der Waals surface area contributed by atoms with Gasteiger partial charge in [0.15, 0.2) is 0 Å². The Morgan fingerprint density at radius 3 is 2.61 bits per heavy atom. The fraction of sp³-hybridized carbons (Fsp3) is 0.292. The summed E-state index contributed by atoms with van der Waals surface area (Å²) in [4.78, 5) is 30.6. The van der Waals surface area contributed by atoms with Gasteiger partial charge in [0, 0.05) is 17.4 Å². The number of hydrogen-bond acceptors (Lipinski definition) is 5. The Hall–Kier alpha value is -3.30. The molecule has 3 aromatic rings. The van der Waals surface area contributed by atoms with Gasteiger partial charge in [-0.2, -0.15) is 0 Å². The minimum absolute atomic E-state index is 0.0174. The molecule has 0 aliphatic heterocycles. The Morgan fingerprint density at radius 2 is 1.97 bits per heavy atom. The molecular formula is C24H24ClN3O3. The standard InChI is InChI=1S/C24H24ClN3O3/c1-5-9-16(14-21(29)31-24(2,3)4)22-26-20-15-17(25)12-13-19(20)23(30)28(22)27-18-10-7-6-8-11-18/h1,6-8,10-13,15-16,27H,9,14H2,2-4H3/t16-/m0/s1. The molecule has 160 valence electrons. The second kappa shape index (κ2) is 9.23. The number of para-hydroxylation sites is 1. The van der Waals surface area contributed by atoms with E-state index in [0.717, 1.165) is 0 Å². The highest BCUT2D eigenvalue weighted by Gasteiger charge is 2.26. The van der Waals surface area contributed by atoms with E-state index in [2.05, 4.69) is 16.3 Å². The number of nitrogens with zero attached hydrogens (tertiary/aromatic N) is 2. The number of aromatic nitrogens is 2. The average molecular weight is 438 g/mol. The number of benzene rings is 2. The minimum atomic E-state index is -0.635. The predicted molar refractivity (Wildman–Crippen MR) is 123 cm³/mol. The molecule has 1 heterocycles. The maximum atomic E-state index is 13.3. The smallest absolute Gasteiger partial charge is 0.307 e. The molecule has 6 nitrogen and oxygen atoms in total. The van der Waals surface area contributed by atoms with Crippen molar-refractivity contribution in [3.63, 3.8) is 0 Å². The molecule has 0 radical (unpaired) electrons. The Balaban J connectivity index is 2.14. The van der Waals surface area contributed by atoms with Crippen molar-refractivity contribution in [2.45, 2.75) is 45.1 Å². The largest absolute Gasteiger partial charge is 0.460 e. The molecule has 3 rings (SSSR count). The Kier molecular flexibility index (Phi) is 6.67. The van der Waals surface area contributed by atoms with Crippen LogP contribution in [0.5, 0.6) is 0 Å². The van der Waals surface area contributed by atoms with Gasteiger partial charge in [0.2, 0.25) is 0 Å². The number of terminal acetylenes is 1. The molecule has 1 aromatic heterocycles. The number of nitrogens with one attached hydrogen (secondary N) is 1. The van der Waals surface area contributed by atoms with Crippen LogP contribution in [0.1, 0.15) is 45.4 Å². The van der Waals surface area contributed by atoms with E-state index >= 15 is 0 Å². The first-order valence-corrected chi connectivity index (χ1v) is 10.3. The number of halogens is 1. The number of rotatable bonds is 6. The predicted octanol–water partition coefficient (Wildman–Crippen LogP) is 4.76. The molecule has 31 heavy (non-hydrogen) atoms. The normalized spacial score (nSPS) is 12.2. The summed E-state index contributed by atoms with van der Waals surface area (Å²) in [7, 11) is 0. The lowest BCUT2D eigenvalue weighted by molar-refractivity contribution is -0.155. The summed E-state index contributed by atoms with van der Waals surface area (Å²) in [6.07, 6.45) is 5.77. The second-order valence-electron chi connectivity index (χ2n) is 8.15. The number of fused-ring (bicyclic) bond motifs is 1. The van der Waals surface area contributed by atoms with Crippen molar-refractivity contribution in [2.24, 2.45) is 0 Å². The third-order valence-electron chi connectivity index (χ3n) is 4.43. The molecule has 0 saturated heterocycles. The molecule has 7 heteroatoms. The molecule has 0 bridgehead atoms. The fourth-order valence-corrected chi connectivity index (χ4v) is 3.35. The fourth-order valence-electron chi connectivity index (χ4n) is 3.18. The summed E-state index contributed by atoms with van der Waals surface area (Å²) in [6.45, 7) is 5.39. The van der Waals surface area contributed by atoms with Crippen LogP contribution in [-0.4, -0.2) is 21.2 Å². The van der Waals surface area contributed by atoms with Gasteiger partial charge in [-0.3, -0.25) is 15.0 Å². The first-order chi connectivity index (χ1) is 14.7. The van der Waals surface area contributed by atoms with Crippen molar-refractivity contribution in [3.05, 3.63) is 69.7 Å². The number of carbonyl (C=O) groups excluding carboxylic acids is 1. The van der Waals surface area contributed by atoms with Crippen molar-refractivity contribution in [1.82, 2.24) is 9.66 Å². The molecule has 0 aliphatic carbocycles. The van der Waals surface area contributed by atoms with Gasteiger partial charge in [-0.15, -0.1) is 12.3 Å². The zero-order valence-corrected chi connectivity index (χ0v) is 18.4. The van der Waals surface area contributed by atoms with E-state index in [-0.39, 0.29) is 18.4 Å². The lowest BCUT2D eigenvalue weighted by Crippen LogP contribution is -2.33. The van der Waals surface area contributed by atoms with Gasteiger partial charge in [-0.25, -0.2) is 9.66 Å². The molecular weight excluding hydrogens is 414 g/mol. The van der Waals surface area contributed by atoms with Crippen molar-refractivity contribution in [2.75, 3.05) is 5.43 Å². The first kappa shape index (κ1) is 22.4. The van der Waals surface area contributed by atoms with E-state index in [4.69, 9.17) is 22.8 Å². The molecule has 1 N–H and O–H groups in total. The van der Waals surface area contributed by atoms with Crippen LogP contribution in [-0.2, 0) is 9.53 Å². The molecule has 0 amide bonds. The highest BCUT2D eigenvalue weighted by atomic mass is 35.5. The molecule has 0 saturated carbocycles. The van der Waals surface area contributed by atoms with Crippen molar-refractivity contribution in [1.29, 1.82) is 0 Å². The van der Waals surface area contributed by atoms with Gasteiger partial charge in [-0.1, -0.05) is 29.8 Å². The molecule has 0 fully saturated rings. The van der Waals surface area contributed by atoms with Gasteiger partial charge < -0.3 is 4.74 Å². The van der Waals surface area contributed by atoms with Crippen LogP contribution >= 0.6 is 11.6 Å². The van der Waals surface area contributed by atoms with Crippen molar-refractivity contribution >= 4 is 34.2 Å². The Morgan fingerprint density at radius 1 is 1.26 bits per heavy atom. The van der Waals surface area contributed by atoms with Crippen molar-refractivity contribution < 1.29 is 9.53 Å².